The van der Waals surface area contributed by atoms with E-state index in [0.717, 1.165) is 5.56 Å². The van der Waals surface area contributed by atoms with E-state index in [-0.39, 0.29) is 12.1 Å². The van der Waals surface area contributed by atoms with Gasteiger partial charge in [-0.2, -0.15) is 0 Å². The fourth-order valence-corrected chi connectivity index (χ4v) is 2.69. The number of aliphatic hydroxyl groups excluding tert-OH is 1. The highest BCUT2D eigenvalue weighted by Crippen LogP contribution is 2.38. The summed E-state index contributed by atoms with van der Waals surface area (Å²) in [6.07, 6.45) is 0. The lowest BCUT2D eigenvalue weighted by atomic mass is 10.1. The number of carbonyl (C=O) groups excluding carboxylic acids is 2. The van der Waals surface area contributed by atoms with Gasteiger partial charge in [-0.25, -0.2) is 0 Å². The van der Waals surface area contributed by atoms with Crippen molar-refractivity contribution < 1.29 is 28.9 Å². The van der Waals surface area contributed by atoms with Crippen molar-refractivity contribution in [2.75, 3.05) is 27.9 Å². The maximum atomic E-state index is 12.6. The molecule has 8 nitrogen and oxygen atoms in total. The van der Waals surface area contributed by atoms with Gasteiger partial charge in [-0.3, -0.25) is 9.59 Å². The SMILES string of the molecule is COc1cc(C(=O)N[C@@H](CO)C(=O)NCc2ccc(Cl)cc2)cc(OC)c1OC. The molecule has 3 N–H and O–H groups in total. The highest BCUT2D eigenvalue weighted by Gasteiger charge is 2.23. The van der Waals surface area contributed by atoms with Crippen LogP contribution in [0.2, 0.25) is 5.02 Å². The van der Waals surface area contributed by atoms with Crippen LogP contribution in [0.3, 0.4) is 0 Å². The molecule has 0 spiro atoms. The lowest BCUT2D eigenvalue weighted by molar-refractivity contribution is -0.124. The molecule has 9 heteroatoms. The molecule has 0 saturated carbocycles. The normalized spacial score (nSPS) is 11.3. The third kappa shape index (κ3) is 5.75. The van der Waals surface area contributed by atoms with Crippen molar-refractivity contribution >= 4 is 23.4 Å². The van der Waals surface area contributed by atoms with Gasteiger partial charge in [0.15, 0.2) is 11.5 Å². The molecule has 2 amide bonds. The van der Waals surface area contributed by atoms with Crippen LogP contribution in [0.1, 0.15) is 15.9 Å². The van der Waals surface area contributed by atoms with Gasteiger partial charge in [-0.15, -0.1) is 0 Å². The Morgan fingerprint density at radius 1 is 1.03 bits per heavy atom. The molecule has 2 aromatic rings. The first-order valence-corrected chi connectivity index (χ1v) is 9.05. The van der Waals surface area contributed by atoms with Crippen LogP contribution in [0.15, 0.2) is 36.4 Å². The molecule has 0 aliphatic heterocycles. The maximum Gasteiger partial charge on any atom is 0.252 e. The lowest BCUT2D eigenvalue weighted by Crippen LogP contribution is -2.48. The fourth-order valence-electron chi connectivity index (χ4n) is 2.56. The quantitative estimate of drug-likeness (QED) is 0.568. The molecule has 0 saturated heterocycles. The Morgan fingerprint density at radius 3 is 2.10 bits per heavy atom. The highest BCUT2D eigenvalue weighted by atomic mass is 35.5. The average molecular weight is 423 g/mol. The van der Waals surface area contributed by atoms with E-state index in [9.17, 15) is 14.7 Å². The number of ether oxygens (including phenoxy) is 3. The van der Waals surface area contributed by atoms with Crippen LogP contribution >= 0.6 is 11.6 Å². The van der Waals surface area contributed by atoms with Crippen LogP contribution in [0.5, 0.6) is 17.2 Å². The first kappa shape index (κ1) is 22.3. The number of hydrogen-bond acceptors (Lipinski definition) is 6. The van der Waals surface area contributed by atoms with E-state index in [1.54, 1.807) is 24.3 Å². The minimum Gasteiger partial charge on any atom is -0.493 e. The number of amides is 2. The third-order valence-corrected chi connectivity index (χ3v) is 4.36. The van der Waals surface area contributed by atoms with Crippen molar-refractivity contribution in [2.45, 2.75) is 12.6 Å². The molecule has 2 rings (SSSR count). The van der Waals surface area contributed by atoms with E-state index in [2.05, 4.69) is 10.6 Å². The summed E-state index contributed by atoms with van der Waals surface area (Å²) in [6, 6.07) is 8.73. The van der Waals surface area contributed by atoms with E-state index in [1.807, 2.05) is 0 Å². The first-order valence-electron chi connectivity index (χ1n) is 8.67. The minimum absolute atomic E-state index is 0.184. The van der Waals surface area contributed by atoms with Gasteiger partial charge in [-0.05, 0) is 29.8 Å². The van der Waals surface area contributed by atoms with Crippen LogP contribution in [0.25, 0.3) is 0 Å². The Labute approximate surface area is 173 Å². The van der Waals surface area contributed by atoms with Gasteiger partial charge >= 0.3 is 0 Å². The van der Waals surface area contributed by atoms with Crippen molar-refractivity contribution in [1.82, 2.24) is 10.6 Å². The Morgan fingerprint density at radius 2 is 1.62 bits per heavy atom. The molecule has 0 unspecified atom stereocenters. The number of nitrogens with one attached hydrogen (secondary N) is 2. The number of benzene rings is 2. The second kappa shape index (κ2) is 10.5. The number of methoxy groups -OCH3 is 3. The first-order chi connectivity index (χ1) is 13.9. The van der Waals surface area contributed by atoms with E-state index in [4.69, 9.17) is 25.8 Å². The van der Waals surface area contributed by atoms with Crippen LogP contribution < -0.4 is 24.8 Å². The molecular weight excluding hydrogens is 400 g/mol. The zero-order valence-electron chi connectivity index (χ0n) is 16.3. The Balaban J connectivity index is 2.08. The maximum absolute atomic E-state index is 12.6. The molecule has 0 heterocycles. The number of carbonyl (C=O) groups is 2. The standard InChI is InChI=1S/C20H23ClN2O6/c1-27-16-8-13(9-17(28-2)18(16)29-3)19(25)23-15(11-24)20(26)22-10-12-4-6-14(21)7-5-12/h4-9,15,24H,10-11H2,1-3H3,(H,22,26)(H,23,25)/t15-/m0/s1. The monoisotopic (exact) mass is 422 g/mol. The van der Waals surface area contributed by atoms with E-state index < -0.39 is 24.5 Å². The summed E-state index contributed by atoms with van der Waals surface area (Å²) in [5.41, 5.74) is 1.01. The van der Waals surface area contributed by atoms with Crippen molar-refractivity contribution in [1.29, 1.82) is 0 Å². The predicted octanol–water partition coefficient (Wildman–Crippen LogP) is 1.77. The van der Waals surface area contributed by atoms with Gasteiger partial charge in [-0.1, -0.05) is 23.7 Å². The van der Waals surface area contributed by atoms with Crippen LogP contribution in [-0.2, 0) is 11.3 Å². The van der Waals surface area contributed by atoms with Gasteiger partial charge in [0, 0.05) is 17.1 Å². The molecule has 0 bridgehead atoms. The van der Waals surface area contributed by atoms with Crippen LogP contribution in [0, 0.1) is 0 Å². The Hall–Kier alpha value is -2.97. The zero-order chi connectivity index (χ0) is 21.4. The third-order valence-electron chi connectivity index (χ3n) is 4.11. The van der Waals surface area contributed by atoms with Gasteiger partial charge in [0.25, 0.3) is 5.91 Å². The van der Waals surface area contributed by atoms with Crippen molar-refractivity contribution in [3.05, 3.63) is 52.5 Å². The summed E-state index contributed by atoms with van der Waals surface area (Å²) in [5, 5.41) is 15.3. The lowest BCUT2D eigenvalue weighted by Gasteiger charge is -2.18. The van der Waals surface area contributed by atoms with Gasteiger partial charge in [0.2, 0.25) is 11.7 Å². The Bertz CT molecular complexity index is 832. The fraction of sp³-hybridized carbons (Fsp3) is 0.300. The summed E-state index contributed by atoms with van der Waals surface area (Å²) >= 11 is 5.83. The van der Waals surface area contributed by atoms with Gasteiger partial charge < -0.3 is 30.0 Å². The largest absolute Gasteiger partial charge is 0.493 e. The van der Waals surface area contributed by atoms with Crippen molar-refractivity contribution in [3.63, 3.8) is 0 Å². The number of rotatable bonds is 9. The molecule has 2 aromatic carbocycles. The van der Waals surface area contributed by atoms with Crippen molar-refractivity contribution in [3.8, 4) is 17.2 Å². The molecule has 0 fully saturated rings. The molecule has 0 radical (unpaired) electrons. The van der Waals surface area contributed by atoms with Crippen molar-refractivity contribution in [2.24, 2.45) is 0 Å². The molecular formula is C20H23ClN2O6. The smallest absolute Gasteiger partial charge is 0.252 e. The van der Waals surface area contributed by atoms with E-state index in [0.29, 0.717) is 22.3 Å². The molecule has 156 valence electrons. The van der Waals surface area contributed by atoms with Crippen LogP contribution in [0.4, 0.5) is 0 Å². The summed E-state index contributed by atoms with van der Waals surface area (Å²) in [7, 11) is 4.31. The highest BCUT2D eigenvalue weighted by molar-refractivity contribution is 6.30. The second-order valence-electron chi connectivity index (χ2n) is 5.97. The summed E-state index contributed by atoms with van der Waals surface area (Å²) in [4.78, 5) is 24.9. The summed E-state index contributed by atoms with van der Waals surface area (Å²) < 4.78 is 15.7. The number of halogens is 1. The zero-order valence-corrected chi connectivity index (χ0v) is 17.1. The molecule has 0 aliphatic rings. The average Bonchev–Trinajstić information content (AvgIpc) is 2.75. The Kier molecular flexibility index (Phi) is 8.11. The molecule has 0 aliphatic carbocycles. The molecule has 1 atom stereocenters. The molecule has 0 aromatic heterocycles. The number of hydrogen-bond donors (Lipinski definition) is 3. The minimum atomic E-state index is -1.13. The van der Waals surface area contributed by atoms with E-state index >= 15 is 0 Å². The summed E-state index contributed by atoms with van der Waals surface area (Å²) in [5.74, 6) is -0.173. The van der Waals surface area contributed by atoms with Gasteiger partial charge in [0.05, 0.1) is 27.9 Å². The summed E-state index contributed by atoms with van der Waals surface area (Å²) in [6.45, 7) is -0.338. The number of aliphatic hydroxyl groups is 1. The second-order valence-corrected chi connectivity index (χ2v) is 6.40. The predicted molar refractivity (Wildman–Crippen MR) is 108 cm³/mol. The molecule has 29 heavy (non-hydrogen) atoms. The van der Waals surface area contributed by atoms with E-state index in [1.165, 1.54) is 33.5 Å². The topological polar surface area (TPSA) is 106 Å². The van der Waals surface area contributed by atoms with Gasteiger partial charge in [0.1, 0.15) is 6.04 Å². The van der Waals surface area contributed by atoms with Crippen LogP contribution in [-0.4, -0.2) is 50.9 Å².